The monoisotopic (exact) mass is 279 g/mol. The Bertz CT molecular complexity index is 710. The van der Waals surface area contributed by atoms with Crippen molar-refractivity contribution < 1.29 is 19.4 Å². The van der Waals surface area contributed by atoms with Crippen LogP contribution in [-0.2, 0) is 11.3 Å². The van der Waals surface area contributed by atoms with Crippen LogP contribution in [0.4, 0.5) is 0 Å². The molecule has 2 aromatic rings. The molecule has 1 N–H and O–H groups in total. The molecule has 0 aliphatic heterocycles. The van der Waals surface area contributed by atoms with Gasteiger partial charge in [0.1, 0.15) is 5.52 Å². The van der Waals surface area contributed by atoms with Gasteiger partial charge in [-0.25, -0.2) is 4.68 Å². The quantitative estimate of drug-likeness (QED) is 0.838. The molecule has 1 heterocycles. The third-order valence-corrected chi connectivity index (χ3v) is 2.76. The predicted octanol–water partition coefficient (Wildman–Crippen LogP) is 0.283. The molecule has 1 aromatic heterocycles. The summed E-state index contributed by atoms with van der Waals surface area (Å²) < 4.78 is 11.3. The van der Waals surface area contributed by atoms with Crippen molar-refractivity contribution in [1.82, 2.24) is 15.0 Å². The van der Waals surface area contributed by atoms with Gasteiger partial charge in [-0.2, -0.15) is 0 Å². The highest BCUT2D eigenvalue weighted by molar-refractivity contribution is 5.81. The normalized spacial score (nSPS) is 10.5. The largest absolute Gasteiger partial charge is 0.493 e. The van der Waals surface area contributed by atoms with Crippen molar-refractivity contribution >= 4 is 16.9 Å². The molecule has 0 bridgehead atoms. The summed E-state index contributed by atoms with van der Waals surface area (Å²) in [7, 11) is 2.94. The van der Waals surface area contributed by atoms with Crippen LogP contribution in [0.15, 0.2) is 16.9 Å². The number of aryl methyl sites for hydroxylation is 1. The highest BCUT2D eigenvalue weighted by atomic mass is 16.5. The molecule has 1 aromatic carbocycles. The Morgan fingerprint density at radius 1 is 1.30 bits per heavy atom. The molecule has 0 saturated heterocycles. The molecule has 8 heteroatoms. The number of carbonyl (C=O) groups is 1. The van der Waals surface area contributed by atoms with E-state index < -0.39 is 11.5 Å². The molecule has 0 amide bonds. The van der Waals surface area contributed by atoms with Crippen molar-refractivity contribution in [2.24, 2.45) is 0 Å². The Morgan fingerprint density at radius 2 is 1.95 bits per heavy atom. The van der Waals surface area contributed by atoms with Crippen LogP contribution in [0.1, 0.15) is 6.42 Å². The second kappa shape index (κ2) is 5.55. The van der Waals surface area contributed by atoms with Gasteiger partial charge in [-0.1, -0.05) is 5.21 Å². The Hall–Kier alpha value is -2.64. The summed E-state index contributed by atoms with van der Waals surface area (Å²) in [6.45, 7) is -0.0363. The van der Waals surface area contributed by atoms with Crippen LogP contribution in [0.5, 0.6) is 11.5 Å². The van der Waals surface area contributed by atoms with E-state index >= 15 is 0 Å². The number of hydrogen-bond acceptors (Lipinski definition) is 6. The summed E-state index contributed by atoms with van der Waals surface area (Å²) in [6.07, 6.45) is -0.201. The van der Waals surface area contributed by atoms with E-state index in [1.165, 1.54) is 20.3 Å². The molecule has 0 fully saturated rings. The van der Waals surface area contributed by atoms with Crippen molar-refractivity contribution in [1.29, 1.82) is 0 Å². The lowest BCUT2D eigenvalue weighted by Crippen LogP contribution is -2.25. The maximum absolute atomic E-state index is 12.2. The van der Waals surface area contributed by atoms with Gasteiger partial charge in [0.2, 0.25) is 0 Å². The summed E-state index contributed by atoms with van der Waals surface area (Å²) in [5.74, 6) is -0.169. The highest BCUT2D eigenvalue weighted by Crippen LogP contribution is 2.29. The van der Waals surface area contributed by atoms with E-state index in [2.05, 4.69) is 10.3 Å². The maximum atomic E-state index is 12.2. The second-order valence-electron chi connectivity index (χ2n) is 3.99. The van der Waals surface area contributed by atoms with Gasteiger partial charge in [0.25, 0.3) is 5.56 Å². The van der Waals surface area contributed by atoms with E-state index in [9.17, 15) is 9.59 Å². The molecule has 0 atom stereocenters. The summed E-state index contributed by atoms with van der Waals surface area (Å²) >= 11 is 0. The lowest BCUT2D eigenvalue weighted by molar-refractivity contribution is -0.137. The van der Waals surface area contributed by atoms with Crippen LogP contribution in [0.2, 0.25) is 0 Å². The van der Waals surface area contributed by atoms with Crippen molar-refractivity contribution in [2.45, 2.75) is 13.0 Å². The summed E-state index contributed by atoms with van der Waals surface area (Å²) in [4.78, 5) is 22.7. The Labute approximate surface area is 113 Å². The lowest BCUT2D eigenvalue weighted by Gasteiger charge is -2.09. The fraction of sp³-hybridized carbons (Fsp3) is 0.333. The van der Waals surface area contributed by atoms with Crippen LogP contribution in [0.3, 0.4) is 0 Å². The maximum Gasteiger partial charge on any atom is 0.305 e. The molecular formula is C12H13N3O5. The topological polar surface area (TPSA) is 104 Å². The van der Waals surface area contributed by atoms with Crippen LogP contribution in [0.25, 0.3) is 10.9 Å². The van der Waals surface area contributed by atoms with Gasteiger partial charge in [0.15, 0.2) is 11.5 Å². The standard InChI is InChI=1S/C12H13N3O5/c1-19-9-5-7-8(6-10(9)20-2)13-14-15(12(7)18)4-3-11(16)17/h5-6H,3-4H2,1-2H3,(H,16,17). The summed E-state index contributed by atoms with van der Waals surface area (Å²) in [5, 5.41) is 16.5. The van der Waals surface area contributed by atoms with E-state index in [1.807, 2.05) is 0 Å². The number of aliphatic carboxylic acids is 1. The predicted molar refractivity (Wildman–Crippen MR) is 69.2 cm³/mol. The molecule has 0 aliphatic rings. The van der Waals surface area contributed by atoms with Crippen LogP contribution < -0.4 is 15.0 Å². The van der Waals surface area contributed by atoms with E-state index in [0.717, 1.165) is 4.68 Å². The average Bonchev–Trinajstić information content (AvgIpc) is 2.45. The smallest absolute Gasteiger partial charge is 0.305 e. The first-order chi connectivity index (χ1) is 9.56. The minimum atomic E-state index is -1.01. The third kappa shape index (κ3) is 2.53. The lowest BCUT2D eigenvalue weighted by atomic mass is 10.2. The van der Waals surface area contributed by atoms with Gasteiger partial charge in [-0.15, -0.1) is 5.10 Å². The number of benzene rings is 1. The van der Waals surface area contributed by atoms with E-state index in [4.69, 9.17) is 14.6 Å². The van der Waals surface area contributed by atoms with Crippen molar-refractivity contribution in [2.75, 3.05) is 14.2 Å². The van der Waals surface area contributed by atoms with Crippen molar-refractivity contribution in [3.05, 3.63) is 22.5 Å². The minimum Gasteiger partial charge on any atom is -0.493 e. The minimum absolute atomic E-state index is 0.0363. The number of methoxy groups -OCH3 is 2. The molecule has 0 saturated carbocycles. The van der Waals surface area contributed by atoms with Crippen LogP contribution >= 0.6 is 0 Å². The Morgan fingerprint density at radius 3 is 2.55 bits per heavy atom. The van der Waals surface area contributed by atoms with Crippen LogP contribution in [0, 0.1) is 0 Å². The molecule has 106 valence electrons. The third-order valence-electron chi connectivity index (χ3n) is 2.76. The van der Waals surface area contributed by atoms with Gasteiger partial charge >= 0.3 is 5.97 Å². The number of ether oxygens (including phenoxy) is 2. The zero-order valence-electron chi connectivity index (χ0n) is 11.0. The zero-order chi connectivity index (χ0) is 14.7. The molecule has 2 rings (SSSR count). The Balaban J connectivity index is 2.54. The van der Waals surface area contributed by atoms with Crippen molar-refractivity contribution in [3.63, 3.8) is 0 Å². The number of nitrogens with zero attached hydrogens (tertiary/aromatic N) is 3. The number of fused-ring (bicyclic) bond motifs is 1. The number of rotatable bonds is 5. The molecule has 8 nitrogen and oxygen atoms in total. The van der Waals surface area contributed by atoms with E-state index in [-0.39, 0.29) is 13.0 Å². The fourth-order valence-corrected chi connectivity index (χ4v) is 1.75. The van der Waals surface area contributed by atoms with Gasteiger partial charge in [0.05, 0.1) is 32.6 Å². The summed E-state index contributed by atoms with van der Waals surface area (Å²) in [6, 6.07) is 3.05. The van der Waals surface area contributed by atoms with E-state index in [1.54, 1.807) is 6.07 Å². The number of hydrogen-bond donors (Lipinski definition) is 1. The number of aromatic nitrogens is 3. The zero-order valence-corrected chi connectivity index (χ0v) is 11.0. The molecular weight excluding hydrogens is 266 g/mol. The summed E-state index contributed by atoms with van der Waals surface area (Å²) in [5.41, 5.74) is -0.0589. The van der Waals surface area contributed by atoms with Gasteiger partial charge in [-0.3, -0.25) is 9.59 Å². The molecule has 0 unspecified atom stereocenters. The van der Waals surface area contributed by atoms with Crippen molar-refractivity contribution in [3.8, 4) is 11.5 Å². The first-order valence-corrected chi connectivity index (χ1v) is 5.78. The highest BCUT2D eigenvalue weighted by Gasteiger charge is 2.12. The fourth-order valence-electron chi connectivity index (χ4n) is 1.75. The van der Waals surface area contributed by atoms with E-state index in [0.29, 0.717) is 22.4 Å². The number of carboxylic acid groups (broad SMARTS) is 1. The first kappa shape index (κ1) is 13.8. The second-order valence-corrected chi connectivity index (χ2v) is 3.99. The Kier molecular flexibility index (Phi) is 3.83. The molecule has 0 radical (unpaired) electrons. The first-order valence-electron chi connectivity index (χ1n) is 5.78. The van der Waals surface area contributed by atoms with Gasteiger partial charge < -0.3 is 14.6 Å². The van der Waals surface area contributed by atoms with Gasteiger partial charge in [-0.05, 0) is 6.07 Å². The SMILES string of the molecule is COc1cc2nnn(CCC(=O)O)c(=O)c2cc1OC. The average molecular weight is 279 g/mol. The molecule has 0 spiro atoms. The molecule has 20 heavy (non-hydrogen) atoms. The van der Waals surface area contributed by atoms with Gasteiger partial charge in [0, 0.05) is 6.07 Å². The number of carboxylic acids is 1. The van der Waals surface area contributed by atoms with Crippen LogP contribution in [-0.4, -0.2) is 40.3 Å². The molecule has 0 aliphatic carbocycles.